The molecule has 2 rings (SSSR count). The van der Waals surface area contributed by atoms with E-state index in [0.717, 1.165) is 5.56 Å². The molecule has 1 aliphatic rings. The van der Waals surface area contributed by atoms with E-state index in [0.29, 0.717) is 6.42 Å². The number of benzene rings is 1. The molecule has 0 spiro atoms. The topological polar surface area (TPSA) is 46.1 Å². The van der Waals surface area contributed by atoms with Crippen LogP contribution in [0.2, 0.25) is 0 Å². The van der Waals surface area contributed by atoms with Gasteiger partial charge in [-0.2, -0.15) is 0 Å². The van der Waals surface area contributed by atoms with Gasteiger partial charge in [0.1, 0.15) is 0 Å². The maximum Gasteiger partial charge on any atom is 1.00 e. The van der Waals surface area contributed by atoms with Crippen LogP contribution in [-0.4, -0.2) is 6.61 Å². The Hall–Kier alpha value is 0.335. The molecule has 2 atom stereocenters. The number of hydrogen-bond acceptors (Lipinski definition) is 2. The van der Waals surface area contributed by atoms with Gasteiger partial charge in [0, 0.05) is 0 Å². The molecule has 70 valence electrons. The van der Waals surface area contributed by atoms with Gasteiger partial charge in [-0.1, -0.05) is 60.3 Å². The molecule has 0 N–H and O–H groups in total. The van der Waals surface area contributed by atoms with E-state index in [1.165, 1.54) is 0 Å². The molecule has 1 saturated carbocycles. The molecule has 2 nitrogen and oxygen atoms in total. The fourth-order valence-corrected chi connectivity index (χ4v) is 1.83. The quantitative estimate of drug-likeness (QED) is 0.436. The molecule has 1 aromatic carbocycles. The number of hydrogen-bond donors (Lipinski definition) is 0. The summed E-state index contributed by atoms with van der Waals surface area (Å²) in [6, 6.07) is 9.20. The van der Waals surface area contributed by atoms with E-state index >= 15 is 0 Å². The summed E-state index contributed by atoms with van der Waals surface area (Å²) in [6.07, 6.45) is 0.480. The van der Waals surface area contributed by atoms with Crippen molar-refractivity contribution in [1.82, 2.24) is 0 Å². The summed E-state index contributed by atoms with van der Waals surface area (Å²) in [5, 5.41) is 22.9. The predicted octanol–water partition coefficient (Wildman–Crippen LogP) is -5.98. The molecular weight excluding hydrogens is 178 g/mol. The molecule has 0 saturated heterocycles. The average molecular weight is 190 g/mol. The third kappa shape index (κ3) is 2.37. The van der Waals surface area contributed by atoms with Gasteiger partial charge in [0.05, 0.1) is 0 Å². The Balaban J connectivity index is 0.000000980. The summed E-state index contributed by atoms with van der Waals surface area (Å²) < 4.78 is 0. The zero-order valence-electron chi connectivity index (χ0n) is 9.62. The second kappa shape index (κ2) is 5.11. The smallest absolute Gasteiger partial charge is 0.854 e. The van der Waals surface area contributed by atoms with Crippen LogP contribution in [0.5, 0.6) is 0 Å². The summed E-state index contributed by atoms with van der Waals surface area (Å²) in [5.74, 6) is 0. The van der Waals surface area contributed by atoms with Crippen molar-refractivity contribution in [2.24, 2.45) is 5.41 Å². The fourth-order valence-electron chi connectivity index (χ4n) is 1.83. The van der Waals surface area contributed by atoms with Crippen LogP contribution in [0, 0.1) is 5.41 Å². The second-order valence-electron chi connectivity index (χ2n) is 4.07. The first-order chi connectivity index (χ1) is 6.12. The van der Waals surface area contributed by atoms with Gasteiger partial charge in [-0.15, -0.1) is 6.61 Å². The Morgan fingerprint density at radius 2 is 1.73 bits per heavy atom. The third-order valence-electron chi connectivity index (χ3n) is 3.05. The molecular formula is C11H12Li2O2. The second-order valence-corrected chi connectivity index (χ2v) is 4.07. The summed E-state index contributed by atoms with van der Waals surface area (Å²) in [5.41, 5.74) is -0.918. The van der Waals surface area contributed by atoms with Crippen LogP contribution in [0.4, 0.5) is 0 Å². The van der Waals surface area contributed by atoms with Crippen molar-refractivity contribution in [2.75, 3.05) is 6.61 Å². The van der Waals surface area contributed by atoms with Gasteiger partial charge in [-0.3, -0.25) is 0 Å². The predicted molar refractivity (Wildman–Crippen MR) is 45.7 cm³/mol. The zero-order valence-corrected chi connectivity index (χ0v) is 9.62. The maximum absolute atomic E-state index is 12.1. The molecule has 15 heavy (non-hydrogen) atoms. The molecule has 0 aliphatic heterocycles. The van der Waals surface area contributed by atoms with Crippen LogP contribution < -0.4 is 47.9 Å². The molecule has 1 aromatic rings. The first-order valence-electron chi connectivity index (χ1n) is 4.46. The molecule has 0 radical (unpaired) electrons. The average Bonchev–Trinajstić information content (AvgIpc) is 2.74. The van der Waals surface area contributed by atoms with E-state index in [2.05, 4.69) is 0 Å². The van der Waals surface area contributed by atoms with Crippen molar-refractivity contribution in [2.45, 2.75) is 18.9 Å². The summed E-state index contributed by atoms with van der Waals surface area (Å²) in [6.45, 7) is 1.51. The minimum absolute atomic E-state index is 0. The van der Waals surface area contributed by atoms with Crippen molar-refractivity contribution >= 4 is 0 Å². The Morgan fingerprint density at radius 3 is 2.13 bits per heavy atom. The van der Waals surface area contributed by atoms with Gasteiger partial charge in [0.2, 0.25) is 0 Å². The van der Waals surface area contributed by atoms with Gasteiger partial charge in [0.25, 0.3) is 0 Å². The van der Waals surface area contributed by atoms with Gasteiger partial charge in [0.15, 0.2) is 0 Å². The van der Waals surface area contributed by atoms with E-state index in [-0.39, 0.29) is 44.3 Å². The molecule has 1 aliphatic carbocycles. The van der Waals surface area contributed by atoms with E-state index < -0.39 is 11.0 Å². The summed E-state index contributed by atoms with van der Waals surface area (Å²) >= 11 is 0. The molecule has 1 fully saturated rings. The minimum Gasteiger partial charge on any atom is -0.854 e. The van der Waals surface area contributed by atoms with Crippen LogP contribution >= 0.6 is 0 Å². The Bertz CT molecular complexity index is 318. The molecule has 0 bridgehead atoms. The summed E-state index contributed by atoms with van der Waals surface area (Å²) in [7, 11) is 0. The van der Waals surface area contributed by atoms with Crippen LogP contribution in [0.25, 0.3) is 0 Å². The van der Waals surface area contributed by atoms with Crippen molar-refractivity contribution in [3.05, 3.63) is 35.9 Å². The van der Waals surface area contributed by atoms with Crippen molar-refractivity contribution in [3.8, 4) is 0 Å². The van der Waals surface area contributed by atoms with Crippen LogP contribution in [0.1, 0.15) is 18.9 Å². The van der Waals surface area contributed by atoms with E-state index in [1.807, 2.05) is 30.3 Å². The maximum atomic E-state index is 12.1. The van der Waals surface area contributed by atoms with Crippen molar-refractivity contribution in [3.63, 3.8) is 0 Å². The number of rotatable bonds is 2. The standard InChI is InChI=1S/C11H12O2.2Li/c1-10(8-12)7-11(10,13)9-5-3-2-4-6-9;;/h2-6H,7-8H2,1H3;;/q-2;2*+1/t10-,11+;;/m0../s1. The Kier molecular flexibility index (Phi) is 5.22. The van der Waals surface area contributed by atoms with Crippen LogP contribution in [0.3, 0.4) is 0 Å². The van der Waals surface area contributed by atoms with Crippen LogP contribution in [-0.2, 0) is 5.60 Å². The normalized spacial score (nSPS) is 32.5. The zero-order chi connectivity index (χ0) is 9.53. The Labute approximate surface area is 114 Å². The Morgan fingerprint density at radius 1 is 1.20 bits per heavy atom. The van der Waals surface area contributed by atoms with E-state index in [1.54, 1.807) is 6.92 Å². The first-order valence-corrected chi connectivity index (χ1v) is 4.46. The van der Waals surface area contributed by atoms with Gasteiger partial charge in [-0.25, -0.2) is 0 Å². The first kappa shape index (κ1) is 15.3. The largest absolute Gasteiger partial charge is 1.00 e. The van der Waals surface area contributed by atoms with E-state index in [4.69, 9.17) is 0 Å². The van der Waals surface area contributed by atoms with E-state index in [9.17, 15) is 10.2 Å². The third-order valence-corrected chi connectivity index (χ3v) is 3.05. The van der Waals surface area contributed by atoms with Gasteiger partial charge < -0.3 is 10.2 Å². The molecule has 4 heteroatoms. The molecule has 0 unspecified atom stereocenters. The fraction of sp³-hybridized carbons (Fsp3) is 0.455. The van der Waals surface area contributed by atoms with Crippen molar-refractivity contribution < 1.29 is 47.9 Å². The van der Waals surface area contributed by atoms with Gasteiger partial charge in [-0.05, 0) is 0 Å². The van der Waals surface area contributed by atoms with Crippen molar-refractivity contribution in [1.29, 1.82) is 0 Å². The monoisotopic (exact) mass is 190 g/mol. The van der Waals surface area contributed by atoms with Crippen LogP contribution in [0.15, 0.2) is 30.3 Å². The minimum atomic E-state index is -1.12. The SMILES string of the molecule is C[C@@]1(C[O-])C[C@@]1([O-])c1ccccc1.[Li+].[Li+]. The van der Waals surface area contributed by atoms with Gasteiger partial charge >= 0.3 is 37.7 Å². The molecule has 0 aromatic heterocycles. The summed E-state index contributed by atoms with van der Waals surface area (Å²) in [4.78, 5) is 0. The molecule has 0 amide bonds. The molecule has 0 heterocycles.